The van der Waals surface area contributed by atoms with Crippen molar-refractivity contribution >= 4 is 23.4 Å². The average molecular weight is 286 g/mol. The largest absolute Gasteiger partial charge is 0.399 e. The first kappa shape index (κ1) is 14.5. The number of thioether (sulfide) groups is 1. The molecule has 0 aliphatic carbocycles. The predicted molar refractivity (Wildman–Crippen MR) is 85.3 cm³/mol. The highest BCUT2D eigenvalue weighted by molar-refractivity contribution is 7.99. The highest BCUT2D eigenvalue weighted by Gasteiger charge is 2.02. The molecule has 104 valence electrons. The number of nitrogens with one attached hydrogen (secondary N) is 1. The fourth-order valence-electron chi connectivity index (χ4n) is 1.72. The molecule has 0 saturated heterocycles. The van der Waals surface area contributed by atoms with Crippen LogP contribution < -0.4 is 11.1 Å². The number of hydrogen-bond donors (Lipinski definition) is 2. The first-order valence-electron chi connectivity index (χ1n) is 6.47. The van der Waals surface area contributed by atoms with Crippen LogP contribution in [-0.2, 0) is 17.1 Å². The average Bonchev–Trinajstić information content (AvgIpc) is 2.48. The van der Waals surface area contributed by atoms with Gasteiger partial charge in [0.15, 0.2) is 0 Å². The molecule has 1 amide bonds. The van der Waals surface area contributed by atoms with Gasteiger partial charge in [0.2, 0.25) is 5.91 Å². The van der Waals surface area contributed by atoms with Crippen LogP contribution in [0.25, 0.3) is 0 Å². The highest BCUT2D eigenvalue weighted by Crippen LogP contribution is 2.13. The topological polar surface area (TPSA) is 55.1 Å². The van der Waals surface area contributed by atoms with E-state index in [-0.39, 0.29) is 5.91 Å². The number of anilines is 1. The summed E-state index contributed by atoms with van der Waals surface area (Å²) in [5, 5.41) is 2.91. The summed E-state index contributed by atoms with van der Waals surface area (Å²) in [6.07, 6.45) is 0. The van der Waals surface area contributed by atoms with Gasteiger partial charge in [-0.15, -0.1) is 11.8 Å². The number of benzene rings is 2. The molecule has 0 fully saturated rings. The second-order valence-electron chi connectivity index (χ2n) is 4.50. The van der Waals surface area contributed by atoms with E-state index in [2.05, 4.69) is 5.32 Å². The molecule has 3 nitrogen and oxygen atoms in total. The summed E-state index contributed by atoms with van der Waals surface area (Å²) in [4.78, 5) is 11.7. The molecule has 2 aromatic rings. The summed E-state index contributed by atoms with van der Waals surface area (Å²) in [6, 6.07) is 17.7. The van der Waals surface area contributed by atoms with Crippen LogP contribution in [0.5, 0.6) is 0 Å². The molecule has 0 atom stereocenters. The summed E-state index contributed by atoms with van der Waals surface area (Å²) in [5.41, 5.74) is 8.69. The molecule has 0 spiro atoms. The summed E-state index contributed by atoms with van der Waals surface area (Å²) in [6.45, 7) is 0.585. The first-order valence-corrected chi connectivity index (χ1v) is 7.62. The summed E-state index contributed by atoms with van der Waals surface area (Å²) in [7, 11) is 0. The molecule has 0 unspecified atom stereocenters. The monoisotopic (exact) mass is 286 g/mol. The Morgan fingerprint density at radius 1 is 1.00 bits per heavy atom. The first-order chi connectivity index (χ1) is 9.74. The number of nitrogens with two attached hydrogens (primary N) is 1. The fourth-order valence-corrected chi connectivity index (χ4v) is 2.54. The van der Waals surface area contributed by atoms with Crippen molar-refractivity contribution in [2.24, 2.45) is 0 Å². The Morgan fingerprint density at radius 3 is 2.40 bits per heavy atom. The Balaban J connectivity index is 1.66. The minimum absolute atomic E-state index is 0.0642. The Morgan fingerprint density at radius 2 is 1.70 bits per heavy atom. The van der Waals surface area contributed by atoms with E-state index in [9.17, 15) is 4.79 Å². The van der Waals surface area contributed by atoms with Crippen LogP contribution in [0.4, 0.5) is 5.69 Å². The summed E-state index contributed by atoms with van der Waals surface area (Å²) >= 11 is 1.60. The van der Waals surface area contributed by atoms with Gasteiger partial charge in [0.1, 0.15) is 0 Å². The summed E-state index contributed by atoms with van der Waals surface area (Å²) < 4.78 is 0. The van der Waals surface area contributed by atoms with E-state index in [4.69, 9.17) is 5.73 Å². The van der Waals surface area contributed by atoms with Crippen LogP contribution in [-0.4, -0.2) is 11.7 Å². The van der Waals surface area contributed by atoms with Gasteiger partial charge in [0, 0.05) is 18.0 Å². The van der Waals surface area contributed by atoms with E-state index in [1.807, 2.05) is 54.6 Å². The number of carbonyl (C=O) groups excluding carboxylic acids is 1. The van der Waals surface area contributed by atoms with Crippen molar-refractivity contribution in [1.82, 2.24) is 5.32 Å². The van der Waals surface area contributed by atoms with Gasteiger partial charge in [-0.1, -0.05) is 42.5 Å². The van der Waals surface area contributed by atoms with Crippen LogP contribution in [0, 0.1) is 0 Å². The maximum atomic E-state index is 11.7. The molecule has 0 aliphatic rings. The zero-order valence-corrected chi connectivity index (χ0v) is 12.0. The van der Waals surface area contributed by atoms with Gasteiger partial charge < -0.3 is 11.1 Å². The van der Waals surface area contributed by atoms with Crippen LogP contribution >= 0.6 is 11.8 Å². The number of amides is 1. The number of hydrogen-bond acceptors (Lipinski definition) is 3. The minimum atomic E-state index is 0.0642. The molecule has 2 aromatic carbocycles. The second kappa shape index (κ2) is 7.60. The van der Waals surface area contributed by atoms with E-state index >= 15 is 0 Å². The Bertz CT molecular complexity index is 540. The van der Waals surface area contributed by atoms with Gasteiger partial charge in [-0.25, -0.2) is 0 Å². The van der Waals surface area contributed by atoms with E-state index < -0.39 is 0 Å². The molecule has 0 heterocycles. The highest BCUT2D eigenvalue weighted by atomic mass is 32.2. The van der Waals surface area contributed by atoms with Gasteiger partial charge in [-0.3, -0.25) is 4.79 Å². The van der Waals surface area contributed by atoms with Gasteiger partial charge in [0.25, 0.3) is 0 Å². The van der Waals surface area contributed by atoms with Crippen molar-refractivity contribution in [2.45, 2.75) is 12.3 Å². The number of nitrogen functional groups attached to an aromatic ring is 1. The molecule has 0 radical (unpaired) electrons. The van der Waals surface area contributed by atoms with Gasteiger partial charge in [-0.2, -0.15) is 0 Å². The van der Waals surface area contributed by atoms with Crippen molar-refractivity contribution in [1.29, 1.82) is 0 Å². The number of rotatable bonds is 6. The van der Waals surface area contributed by atoms with Crippen LogP contribution in [0.15, 0.2) is 54.6 Å². The predicted octanol–water partition coefficient (Wildman–Crippen LogP) is 2.82. The maximum absolute atomic E-state index is 11.7. The molecule has 0 aliphatic heterocycles. The minimum Gasteiger partial charge on any atom is -0.399 e. The van der Waals surface area contributed by atoms with Crippen molar-refractivity contribution in [3.05, 3.63) is 65.7 Å². The third-order valence-electron chi connectivity index (χ3n) is 2.81. The lowest BCUT2D eigenvalue weighted by atomic mass is 10.2. The van der Waals surface area contributed by atoms with Crippen molar-refractivity contribution in [3.8, 4) is 0 Å². The number of carbonyl (C=O) groups is 1. The molecule has 4 heteroatoms. The molecule has 2 rings (SSSR count). The smallest absolute Gasteiger partial charge is 0.230 e. The van der Waals surface area contributed by atoms with Crippen molar-refractivity contribution in [3.63, 3.8) is 0 Å². The fraction of sp³-hybridized carbons (Fsp3) is 0.188. The molecule has 0 bridgehead atoms. The third-order valence-corrected chi connectivity index (χ3v) is 3.82. The molecule has 3 N–H and O–H groups in total. The van der Waals surface area contributed by atoms with Gasteiger partial charge in [0.05, 0.1) is 5.75 Å². The van der Waals surface area contributed by atoms with Crippen LogP contribution in [0.2, 0.25) is 0 Å². The SMILES string of the molecule is Nc1ccc(CSCC(=O)NCc2ccccc2)cc1. The standard InChI is InChI=1S/C16H18N2OS/c17-15-8-6-14(7-9-15)11-20-12-16(19)18-10-13-4-2-1-3-5-13/h1-9H,10-12,17H2,(H,18,19). The Labute approximate surface area is 123 Å². The molecular formula is C16H18N2OS. The van der Waals surface area contributed by atoms with Crippen LogP contribution in [0.1, 0.15) is 11.1 Å². The van der Waals surface area contributed by atoms with Gasteiger partial charge >= 0.3 is 0 Å². The summed E-state index contributed by atoms with van der Waals surface area (Å²) in [5.74, 6) is 1.35. The van der Waals surface area contributed by atoms with Gasteiger partial charge in [-0.05, 0) is 23.3 Å². The van der Waals surface area contributed by atoms with E-state index in [0.717, 1.165) is 17.0 Å². The van der Waals surface area contributed by atoms with E-state index in [1.165, 1.54) is 5.56 Å². The Kier molecular flexibility index (Phi) is 5.50. The second-order valence-corrected chi connectivity index (χ2v) is 5.48. The lowest BCUT2D eigenvalue weighted by Gasteiger charge is -2.05. The van der Waals surface area contributed by atoms with E-state index in [1.54, 1.807) is 11.8 Å². The molecule has 0 aromatic heterocycles. The Hall–Kier alpha value is -1.94. The lowest BCUT2D eigenvalue weighted by Crippen LogP contribution is -2.24. The molecular weight excluding hydrogens is 268 g/mol. The maximum Gasteiger partial charge on any atom is 0.230 e. The lowest BCUT2D eigenvalue weighted by molar-refractivity contribution is -0.118. The third kappa shape index (κ3) is 4.97. The quantitative estimate of drug-likeness (QED) is 0.803. The van der Waals surface area contributed by atoms with Crippen LogP contribution in [0.3, 0.4) is 0 Å². The molecule has 0 saturated carbocycles. The zero-order valence-electron chi connectivity index (χ0n) is 11.2. The zero-order chi connectivity index (χ0) is 14.2. The van der Waals surface area contributed by atoms with E-state index in [0.29, 0.717) is 12.3 Å². The molecule has 20 heavy (non-hydrogen) atoms. The van der Waals surface area contributed by atoms with Crippen molar-refractivity contribution in [2.75, 3.05) is 11.5 Å². The van der Waals surface area contributed by atoms with Crippen molar-refractivity contribution < 1.29 is 4.79 Å². The normalized spacial score (nSPS) is 10.2.